The molecular formula is C15H16ClN3. The van der Waals surface area contributed by atoms with Crippen molar-refractivity contribution in [2.24, 2.45) is 0 Å². The molecule has 0 saturated heterocycles. The molecule has 4 heteroatoms. The maximum atomic E-state index is 5.86. The van der Waals surface area contributed by atoms with E-state index in [1.54, 1.807) is 6.20 Å². The fourth-order valence-electron chi connectivity index (χ4n) is 2.45. The number of fused-ring (bicyclic) bond motifs is 1. The molecule has 0 aliphatic carbocycles. The molecule has 3 nitrogen and oxygen atoms in total. The predicted molar refractivity (Wildman–Crippen MR) is 80.0 cm³/mol. The first-order valence-corrected chi connectivity index (χ1v) is 6.78. The molecule has 0 fully saturated rings. The van der Waals surface area contributed by atoms with Crippen LogP contribution in [-0.2, 0) is 13.0 Å². The molecular weight excluding hydrogens is 258 g/mol. The van der Waals surface area contributed by atoms with Crippen LogP contribution in [0.15, 0.2) is 36.5 Å². The summed E-state index contributed by atoms with van der Waals surface area (Å²) in [6.45, 7) is 1.92. The second kappa shape index (κ2) is 5.10. The number of hydrogen-bond donors (Lipinski definition) is 1. The van der Waals surface area contributed by atoms with Crippen LogP contribution in [0.1, 0.15) is 11.1 Å². The second-order valence-electron chi connectivity index (χ2n) is 4.86. The molecule has 3 rings (SSSR count). The summed E-state index contributed by atoms with van der Waals surface area (Å²) in [7, 11) is 2.14. The van der Waals surface area contributed by atoms with E-state index in [2.05, 4.69) is 40.4 Å². The summed E-state index contributed by atoms with van der Waals surface area (Å²) in [6, 6.07) is 10.4. The Hall–Kier alpha value is -1.74. The number of anilines is 2. The first-order valence-electron chi connectivity index (χ1n) is 6.41. The summed E-state index contributed by atoms with van der Waals surface area (Å²) in [5, 5.41) is 3.88. The molecule has 2 heterocycles. The number of aromatic nitrogens is 1. The first-order chi connectivity index (χ1) is 9.22. The number of halogens is 1. The Bertz CT molecular complexity index is 598. The van der Waals surface area contributed by atoms with Gasteiger partial charge in [-0.05, 0) is 35.7 Å². The van der Waals surface area contributed by atoms with E-state index in [-0.39, 0.29) is 0 Å². The molecule has 2 aromatic rings. The molecule has 0 saturated carbocycles. The minimum Gasteiger partial charge on any atom is -0.381 e. The maximum Gasteiger partial charge on any atom is 0.131 e. The lowest BCUT2D eigenvalue weighted by atomic mass is 10.1. The van der Waals surface area contributed by atoms with Crippen molar-refractivity contribution >= 4 is 23.0 Å². The summed E-state index contributed by atoms with van der Waals surface area (Å²) < 4.78 is 0. The van der Waals surface area contributed by atoms with Gasteiger partial charge in [-0.3, -0.25) is 0 Å². The number of pyridine rings is 1. The summed E-state index contributed by atoms with van der Waals surface area (Å²) in [4.78, 5) is 6.27. The maximum absolute atomic E-state index is 5.86. The van der Waals surface area contributed by atoms with Crippen LogP contribution in [-0.4, -0.2) is 18.6 Å². The average molecular weight is 274 g/mol. The van der Waals surface area contributed by atoms with Gasteiger partial charge in [0.25, 0.3) is 0 Å². The molecule has 98 valence electrons. The van der Waals surface area contributed by atoms with Gasteiger partial charge in [0.2, 0.25) is 0 Å². The lowest BCUT2D eigenvalue weighted by molar-refractivity contribution is 0.955. The van der Waals surface area contributed by atoms with Crippen molar-refractivity contribution in [3.63, 3.8) is 0 Å². The molecule has 1 aromatic carbocycles. The van der Waals surface area contributed by atoms with Gasteiger partial charge in [-0.15, -0.1) is 0 Å². The van der Waals surface area contributed by atoms with Crippen molar-refractivity contribution in [1.29, 1.82) is 0 Å². The Balaban J connectivity index is 1.71. The van der Waals surface area contributed by atoms with Crippen LogP contribution in [0.2, 0.25) is 5.15 Å². The molecule has 0 unspecified atom stereocenters. The molecule has 0 amide bonds. The highest BCUT2D eigenvalue weighted by Gasteiger charge is 2.15. The van der Waals surface area contributed by atoms with Crippen molar-refractivity contribution < 1.29 is 0 Å². The normalized spacial score (nSPS) is 13.5. The van der Waals surface area contributed by atoms with Gasteiger partial charge in [0.05, 0.1) is 0 Å². The van der Waals surface area contributed by atoms with Crippen LogP contribution in [0.5, 0.6) is 0 Å². The van der Waals surface area contributed by atoms with Gasteiger partial charge < -0.3 is 10.2 Å². The molecule has 1 aliphatic rings. The monoisotopic (exact) mass is 273 g/mol. The Morgan fingerprint density at radius 3 is 3.05 bits per heavy atom. The van der Waals surface area contributed by atoms with Gasteiger partial charge >= 0.3 is 0 Å². The van der Waals surface area contributed by atoms with Crippen molar-refractivity contribution in [2.45, 2.75) is 13.0 Å². The van der Waals surface area contributed by atoms with Crippen LogP contribution in [0.4, 0.5) is 11.4 Å². The van der Waals surface area contributed by atoms with E-state index in [4.69, 9.17) is 11.6 Å². The molecule has 0 spiro atoms. The highest BCUT2D eigenvalue weighted by Crippen LogP contribution is 2.27. The Morgan fingerprint density at radius 1 is 1.32 bits per heavy atom. The highest BCUT2D eigenvalue weighted by atomic mass is 35.5. The summed E-state index contributed by atoms with van der Waals surface area (Å²) >= 11 is 5.86. The minimum absolute atomic E-state index is 0.514. The van der Waals surface area contributed by atoms with E-state index in [0.29, 0.717) is 5.15 Å². The van der Waals surface area contributed by atoms with Crippen LogP contribution in [0.25, 0.3) is 0 Å². The number of nitrogens with zero attached hydrogens (tertiary/aromatic N) is 2. The van der Waals surface area contributed by atoms with Crippen molar-refractivity contribution in [2.75, 3.05) is 23.8 Å². The van der Waals surface area contributed by atoms with E-state index in [9.17, 15) is 0 Å². The molecule has 1 N–H and O–H groups in total. The minimum atomic E-state index is 0.514. The highest BCUT2D eigenvalue weighted by molar-refractivity contribution is 6.29. The molecule has 0 bridgehead atoms. The van der Waals surface area contributed by atoms with Crippen LogP contribution in [0, 0.1) is 0 Å². The lowest BCUT2D eigenvalue weighted by Gasteiger charge is -2.12. The standard InChI is InChI=1S/C15H16ClN3/c1-19-7-5-12-8-11(2-3-14(12)19)10-18-13-4-6-17-15(16)9-13/h2-4,6,8-9H,5,7,10H2,1H3,(H,17,18). The van der Waals surface area contributed by atoms with E-state index in [0.717, 1.165) is 25.2 Å². The number of likely N-dealkylation sites (N-methyl/N-ethyl adjacent to an activating group) is 1. The Kier molecular flexibility index (Phi) is 3.30. The van der Waals surface area contributed by atoms with Crippen LogP contribution in [0.3, 0.4) is 0 Å². The fourth-order valence-corrected chi connectivity index (χ4v) is 2.62. The largest absolute Gasteiger partial charge is 0.381 e. The SMILES string of the molecule is CN1CCc2cc(CNc3ccnc(Cl)c3)ccc21. The molecule has 0 atom stereocenters. The van der Waals surface area contributed by atoms with E-state index in [1.165, 1.54) is 16.8 Å². The molecule has 19 heavy (non-hydrogen) atoms. The van der Waals surface area contributed by atoms with E-state index in [1.807, 2.05) is 12.1 Å². The zero-order valence-corrected chi connectivity index (χ0v) is 11.6. The molecule has 1 aromatic heterocycles. The smallest absolute Gasteiger partial charge is 0.131 e. The lowest BCUT2D eigenvalue weighted by Crippen LogP contribution is -2.12. The van der Waals surface area contributed by atoms with Crippen molar-refractivity contribution in [3.8, 4) is 0 Å². The van der Waals surface area contributed by atoms with Gasteiger partial charge in [0.1, 0.15) is 5.15 Å². The number of hydrogen-bond acceptors (Lipinski definition) is 3. The summed E-state index contributed by atoms with van der Waals surface area (Å²) in [6.07, 6.45) is 2.85. The van der Waals surface area contributed by atoms with E-state index >= 15 is 0 Å². The summed E-state index contributed by atoms with van der Waals surface area (Å²) in [5.41, 5.74) is 5.09. The van der Waals surface area contributed by atoms with Crippen LogP contribution < -0.4 is 10.2 Å². The number of nitrogens with one attached hydrogen (secondary N) is 1. The molecule has 0 radical (unpaired) electrons. The van der Waals surface area contributed by atoms with Crippen molar-refractivity contribution in [3.05, 3.63) is 52.8 Å². The fraction of sp³-hybridized carbons (Fsp3) is 0.267. The van der Waals surface area contributed by atoms with E-state index < -0.39 is 0 Å². The number of rotatable bonds is 3. The zero-order chi connectivity index (χ0) is 13.2. The summed E-state index contributed by atoms with van der Waals surface area (Å²) in [5.74, 6) is 0. The number of benzene rings is 1. The van der Waals surface area contributed by atoms with Gasteiger partial charge in [0.15, 0.2) is 0 Å². The predicted octanol–water partition coefficient (Wildman–Crippen LogP) is 3.34. The van der Waals surface area contributed by atoms with Crippen molar-refractivity contribution in [1.82, 2.24) is 4.98 Å². The quantitative estimate of drug-likeness (QED) is 0.870. The van der Waals surface area contributed by atoms with Crippen LogP contribution >= 0.6 is 11.6 Å². The van der Waals surface area contributed by atoms with Gasteiger partial charge in [-0.1, -0.05) is 23.7 Å². The third-order valence-corrected chi connectivity index (χ3v) is 3.70. The topological polar surface area (TPSA) is 28.2 Å². The third-order valence-electron chi connectivity index (χ3n) is 3.49. The second-order valence-corrected chi connectivity index (χ2v) is 5.24. The molecule has 1 aliphatic heterocycles. The zero-order valence-electron chi connectivity index (χ0n) is 10.9. The first kappa shape index (κ1) is 12.3. The average Bonchev–Trinajstić information content (AvgIpc) is 2.78. The Morgan fingerprint density at radius 2 is 2.21 bits per heavy atom. The van der Waals surface area contributed by atoms with Gasteiger partial charge in [0, 0.05) is 37.7 Å². The van der Waals surface area contributed by atoms with Gasteiger partial charge in [-0.25, -0.2) is 4.98 Å². The van der Waals surface area contributed by atoms with Gasteiger partial charge in [-0.2, -0.15) is 0 Å². The third kappa shape index (κ3) is 2.66. The Labute approximate surface area is 118 Å².